The van der Waals surface area contributed by atoms with Crippen LogP contribution in [0.5, 0.6) is 0 Å². The van der Waals surface area contributed by atoms with E-state index in [9.17, 15) is 5.26 Å². The summed E-state index contributed by atoms with van der Waals surface area (Å²) in [7, 11) is 0. The molecule has 0 bridgehead atoms. The predicted molar refractivity (Wildman–Crippen MR) is 95.2 cm³/mol. The third kappa shape index (κ3) is 2.20. The van der Waals surface area contributed by atoms with Crippen molar-refractivity contribution in [1.29, 1.82) is 5.26 Å². The van der Waals surface area contributed by atoms with Crippen molar-refractivity contribution in [3.05, 3.63) is 78.4 Å². The molecule has 0 unspecified atom stereocenters. The van der Waals surface area contributed by atoms with Gasteiger partial charge in [0.1, 0.15) is 11.6 Å². The van der Waals surface area contributed by atoms with Gasteiger partial charge in [0.15, 0.2) is 5.82 Å². The zero-order valence-electron chi connectivity index (χ0n) is 12.8. The van der Waals surface area contributed by atoms with Crippen molar-refractivity contribution >= 4 is 11.3 Å². The first kappa shape index (κ1) is 14.0. The van der Waals surface area contributed by atoms with E-state index in [1.54, 1.807) is 4.52 Å². The summed E-state index contributed by atoms with van der Waals surface area (Å²) in [6, 6.07) is 26.3. The van der Waals surface area contributed by atoms with E-state index in [4.69, 9.17) is 5.73 Å². The molecule has 0 fully saturated rings. The van der Waals surface area contributed by atoms with Crippen molar-refractivity contribution in [2.24, 2.45) is 0 Å². The number of nitrogens with zero attached hydrogens (tertiary/aromatic N) is 3. The molecule has 0 aliphatic rings. The molecule has 4 aromatic rings. The second-order valence-electron chi connectivity index (χ2n) is 5.53. The minimum Gasteiger partial charge on any atom is -0.381 e. The van der Waals surface area contributed by atoms with E-state index in [0.29, 0.717) is 5.56 Å². The van der Waals surface area contributed by atoms with Crippen LogP contribution in [0.1, 0.15) is 5.56 Å². The van der Waals surface area contributed by atoms with E-state index in [1.165, 1.54) is 0 Å². The molecular weight excluding hydrogens is 296 g/mol. The fourth-order valence-electron chi connectivity index (χ4n) is 2.89. The highest BCUT2D eigenvalue weighted by atomic mass is 15.3. The number of nitriles is 1. The molecule has 0 aliphatic carbocycles. The lowest BCUT2D eigenvalue weighted by Gasteiger charge is -2.09. The molecule has 24 heavy (non-hydrogen) atoms. The molecule has 0 saturated carbocycles. The number of hydrogen-bond donors (Lipinski definition) is 1. The van der Waals surface area contributed by atoms with Crippen LogP contribution in [-0.4, -0.2) is 9.61 Å². The summed E-state index contributed by atoms with van der Waals surface area (Å²) in [5, 5.41) is 13.8. The summed E-state index contributed by atoms with van der Waals surface area (Å²) in [5.74, 6) is 0.250. The predicted octanol–water partition coefficient (Wildman–Crippen LogP) is 4.12. The molecule has 2 N–H and O–H groups in total. The topological polar surface area (TPSA) is 67.1 Å². The lowest BCUT2D eigenvalue weighted by molar-refractivity contribution is 0.977. The number of benzene rings is 2. The Labute approximate surface area is 139 Å². The molecule has 2 aromatic carbocycles. The Morgan fingerprint density at radius 3 is 2.08 bits per heavy atom. The molecule has 2 aromatic heterocycles. The molecule has 2 heterocycles. The average molecular weight is 310 g/mol. The molecule has 0 radical (unpaired) electrons. The number of nitrogen functional groups attached to an aromatic ring is 1. The normalized spacial score (nSPS) is 10.6. The van der Waals surface area contributed by atoms with Crippen LogP contribution < -0.4 is 5.73 Å². The van der Waals surface area contributed by atoms with E-state index in [2.05, 4.69) is 17.2 Å². The van der Waals surface area contributed by atoms with Gasteiger partial charge in [0.25, 0.3) is 0 Å². The van der Waals surface area contributed by atoms with Crippen LogP contribution in [0, 0.1) is 11.3 Å². The van der Waals surface area contributed by atoms with Gasteiger partial charge in [-0.2, -0.15) is 5.26 Å². The summed E-state index contributed by atoms with van der Waals surface area (Å²) in [6.07, 6.45) is 0. The molecule has 4 rings (SSSR count). The van der Waals surface area contributed by atoms with E-state index >= 15 is 0 Å². The zero-order valence-corrected chi connectivity index (χ0v) is 12.8. The minimum atomic E-state index is 0.250. The van der Waals surface area contributed by atoms with Crippen LogP contribution in [0.4, 0.5) is 5.82 Å². The van der Waals surface area contributed by atoms with Gasteiger partial charge in [-0.25, -0.2) is 4.52 Å². The molecule has 0 saturated heterocycles. The van der Waals surface area contributed by atoms with E-state index in [-0.39, 0.29) is 5.82 Å². The minimum absolute atomic E-state index is 0.250. The van der Waals surface area contributed by atoms with Gasteiger partial charge < -0.3 is 5.73 Å². The lowest BCUT2D eigenvalue weighted by atomic mass is 10.0. The maximum absolute atomic E-state index is 9.44. The third-order valence-electron chi connectivity index (χ3n) is 4.05. The van der Waals surface area contributed by atoms with Gasteiger partial charge in [0.2, 0.25) is 0 Å². The van der Waals surface area contributed by atoms with Crippen LogP contribution in [0.3, 0.4) is 0 Å². The molecule has 4 nitrogen and oxygen atoms in total. The van der Waals surface area contributed by atoms with Crippen molar-refractivity contribution in [3.63, 3.8) is 0 Å². The maximum Gasteiger partial charge on any atom is 0.164 e. The summed E-state index contributed by atoms with van der Waals surface area (Å²) >= 11 is 0. The Hall–Kier alpha value is -3.58. The standard InChI is InChI=1S/C20H14N4/c21-13-17-19-12-16(14-7-3-1-4-8-14)11-18(24(19)23-20(17)22)15-9-5-2-6-10-15/h1-12H,(H2,22,23). The first-order valence-electron chi connectivity index (χ1n) is 7.61. The van der Waals surface area contributed by atoms with Crippen LogP contribution in [0.2, 0.25) is 0 Å². The van der Waals surface area contributed by atoms with Crippen molar-refractivity contribution in [1.82, 2.24) is 9.61 Å². The summed E-state index contributed by atoms with van der Waals surface area (Å²) < 4.78 is 1.75. The number of pyridine rings is 1. The average Bonchev–Trinajstić information content (AvgIpc) is 2.97. The smallest absolute Gasteiger partial charge is 0.164 e. The number of aromatic nitrogens is 2. The summed E-state index contributed by atoms with van der Waals surface area (Å²) in [4.78, 5) is 0. The second kappa shape index (κ2) is 5.56. The summed E-state index contributed by atoms with van der Waals surface area (Å²) in [6.45, 7) is 0. The molecule has 0 amide bonds. The first-order valence-corrected chi connectivity index (χ1v) is 7.61. The monoisotopic (exact) mass is 310 g/mol. The van der Waals surface area contributed by atoms with Gasteiger partial charge in [-0.3, -0.25) is 0 Å². The van der Waals surface area contributed by atoms with Crippen LogP contribution in [-0.2, 0) is 0 Å². The van der Waals surface area contributed by atoms with Crippen LogP contribution >= 0.6 is 0 Å². The molecular formula is C20H14N4. The van der Waals surface area contributed by atoms with Gasteiger partial charge in [-0.15, -0.1) is 5.10 Å². The molecule has 114 valence electrons. The molecule has 0 atom stereocenters. The third-order valence-corrected chi connectivity index (χ3v) is 4.05. The van der Waals surface area contributed by atoms with Crippen molar-refractivity contribution in [3.8, 4) is 28.5 Å². The van der Waals surface area contributed by atoms with Crippen LogP contribution in [0.25, 0.3) is 27.9 Å². The van der Waals surface area contributed by atoms with Gasteiger partial charge in [0, 0.05) is 5.56 Å². The van der Waals surface area contributed by atoms with Crippen molar-refractivity contribution in [2.75, 3.05) is 5.73 Å². The van der Waals surface area contributed by atoms with E-state index in [0.717, 1.165) is 27.9 Å². The van der Waals surface area contributed by atoms with Crippen molar-refractivity contribution < 1.29 is 0 Å². The Bertz CT molecular complexity index is 1060. The number of anilines is 1. The molecule has 0 aliphatic heterocycles. The SMILES string of the molecule is N#Cc1c(N)nn2c(-c3ccccc3)cc(-c3ccccc3)cc12. The lowest BCUT2D eigenvalue weighted by Crippen LogP contribution is -1.96. The Balaban J connectivity index is 2.09. The van der Waals surface area contributed by atoms with Gasteiger partial charge in [0.05, 0.1) is 11.2 Å². The Kier molecular flexibility index (Phi) is 3.25. The van der Waals surface area contributed by atoms with Gasteiger partial charge >= 0.3 is 0 Å². The fraction of sp³-hybridized carbons (Fsp3) is 0. The highest BCUT2D eigenvalue weighted by Crippen LogP contribution is 2.31. The first-order chi connectivity index (χ1) is 11.8. The molecule has 4 heteroatoms. The second-order valence-corrected chi connectivity index (χ2v) is 5.53. The van der Waals surface area contributed by atoms with E-state index in [1.807, 2.05) is 66.7 Å². The Morgan fingerprint density at radius 2 is 1.46 bits per heavy atom. The fourth-order valence-corrected chi connectivity index (χ4v) is 2.89. The number of nitrogens with two attached hydrogens (primary N) is 1. The largest absolute Gasteiger partial charge is 0.381 e. The van der Waals surface area contributed by atoms with Gasteiger partial charge in [-0.1, -0.05) is 60.7 Å². The number of hydrogen-bond acceptors (Lipinski definition) is 3. The quantitative estimate of drug-likeness (QED) is 0.605. The molecule has 0 spiro atoms. The Morgan fingerprint density at radius 1 is 0.833 bits per heavy atom. The number of rotatable bonds is 2. The summed E-state index contributed by atoms with van der Waals surface area (Å²) in [5.41, 5.74) is 11.1. The van der Waals surface area contributed by atoms with Crippen molar-refractivity contribution in [2.45, 2.75) is 0 Å². The zero-order chi connectivity index (χ0) is 16.5. The highest BCUT2D eigenvalue weighted by Gasteiger charge is 2.15. The maximum atomic E-state index is 9.44. The highest BCUT2D eigenvalue weighted by molar-refractivity contribution is 5.81. The number of fused-ring (bicyclic) bond motifs is 1. The van der Waals surface area contributed by atoms with Gasteiger partial charge in [-0.05, 0) is 23.3 Å². The van der Waals surface area contributed by atoms with E-state index < -0.39 is 0 Å². The van der Waals surface area contributed by atoms with Crippen LogP contribution in [0.15, 0.2) is 72.8 Å².